The van der Waals surface area contributed by atoms with E-state index in [2.05, 4.69) is 15.3 Å². The minimum absolute atomic E-state index is 0.263. The third-order valence-electron chi connectivity index (χ3n) is 3.30. The number of hydrogen-bond donors (Lipinski definition) is 2. The number of aromatic nitrogens is 3. The van der Waals surface area contributed by atoms with Crippen LogP contribution in [0.4, 0.5) is 4.39 Å². The van der Waals surface area contributed by atoms with Crippen molar-refractivity contribution in [2.45, 2.75) is 12.6 Å². The minimum atomic E-state index is -0.882. The summed E-state index contributed by atoms with van der Waals surface area (Å²) in [7, 11) is 0. The summed E-state index contributed by atoms with van der Waals surface area (Å²) in [5, 5.41) is 13.1. The summed E-state index contributed by atoms with van der Waals surface area (Å²) in [4.78, 5) is 8.23. The van der Waals surface area contributed by atoms with Crippen LogP contribution in [0.3, 0.4) is 0 Å². The van der Waals surface area contributed by atoms with Gasteiger partial charge in [0.15, 0.2) is 5.65 Å². The number of rotatable bonds is 5. The van der Waals surface area contributed by atoms with E-state index < -0.39 is 11.9 Å². The lowest BCUT2D eigenvalue weighted by molar-refractivity contribution is 0.169. The van der Waals surface area contributed by atoms with E-state index in [0.29, 0.717) is 12.1 Å². The van der Waals surface area contributed by atoms with Gasteiger partial charge in [-0.25, -0.2) is 9.37 Å². The summed E-state index contributed by atoms with van der Waals surface area (Å²) in [6.45, 7) is 0.788. The normalized spacial score (nSPS) is 12.7. The maximum atomic E-state index is 13.5. The summed E-state index contributed by atoms with van der Waals surface area (Å²) < 4.78 is 15.5. The average Bonchev–Trinajstić information content (AvgIpc) is 2.91. The van der Waals surface area contributed by atoms with Crippen LogP contribution in [-0.4, -0.2) is 26.0 Å². The molecule has 3 aromatic rings. The van der Waals surface area contributed by atoms with Crippen molar-refractivity contribution in [2.75, 3.05) is 6.54 Å². The highest BCUT2D eigenvalue weighted by molar-refractivity contribution is 5.36. The number of halogens is 1. The monoisotopic (exact) mass is 286 g/mol. The zero-order valence-corrected chi connectivity index (χ0v) is 11.3. The summed E-state index contributed by atoms with van der Waals surface area (Å²) >= 11 is 0. The number of imidazole rings is 1. The topological polar surface area (TPSA) is 62.5 Å². The Balaban J connectivity index is 1.62. The molecule has 1 atom stereocenters. The molecule has 0 spiro atoms. The van der Waals surface area contributed by atoms with Crippen LogP contribution in [0.2, 0.25) is 0 Å². The van der Waals surface area contributed by atoms with Crippen molar-refractivity contribution in [2.24, 2.45) is 0 Å². The molecule has 6 heteroatoms. The predicted molar refractivity (Wildman–Crippen MR) is 76.1 cm³/mol. The molecule has 0 bridgehead atoms. The average molecular weight is 286 g/mol. The molecule has 0 saturated heterocycles. The minimum Gasteiger partial charge on any atom is -0.387 e. The van der Waals surface area contributed by atoms with Crippen LogP contribution >= 0.6 is 0 Å². The summed E-state index contributed by atoms with van der Waals surface area (Å²) in [5.41, 5.74) is 2.02. The van der Waals surface area contributed by atoms with Crippen LogP contribution < -0.4 is 5.32 Å². The van der Waals surface area contributed by atoms with E-state index in [4.69, 9.17) is 0 Å². The molecule has 2 heterocycles. The molecule has 2 N–H and O–H groups in total. The molecule has 0 amide bonds. The Hall–Kier alpha value is -2.31. The van der Waals surface area contributed by atoms with Gasteiger partial charge >= 0.3 is 0 Å². The molecule has 0 radical (unpaired) electrons. The number of aliphatic hydroxyl groups is 1. The summed E-state index contributed by atoms with van der Waals surface area (Å²) in [5.74, 6) is -0.396. The van der Waals surface area contributed by atoms with Gasteiger partial charge in [0.2, 0.25) is 0 Å². The fourth-order valence-electron chi connectivity index (χ4n) is 2.22. The first-order valence-corrected chi connectivity index (χ1v) is 6.65. The number of fused-ring (bicyclic) bond motifs is 1. The number of aliphatic hydroxyl groups excluding tert-OH is 1. The van der Waals surface area contributed by atoms with Gasteiger partial charge in [-0.05, 0) is 6.07 Å². The molecule has 0 aliphatic heterocycles. The quantitative estimate of drug-likeness (QED) is 0.749. The van der Waals surface area contributed by atoms with Crippen LogP contribution in [0, 0.1) is 5.82 Å². The van der Waals surface area contributed by atoms with Gasteiger partial charge in [-0.2, -0.15) is 0 Å². The van der Waals surface area contributed by atoms with Crippen LogP contribution in [0.1, 0.15) is 17.4 Å². The Labute approximate surface area is 121 Å². The Bertz CT molecular complexity index is 743. The molecule has 0 saturated carbocycles. The van der Waals surface area contributed by atoms with Gasteiger partial charge in [0.25, 0.3) is 0 Å². The molecule has 2 aromatic heterocycles. The van der Waals surface area contributed by atoms with Crippen molar-refractivity contribution in [3.8, 4) is 0 Å². The predicted octanol–water partition coefficient (Wildman–Crippen LogP) is 1.69. The number of nitrogens with one attached hydrogen (secondary N) is 1. The lowest BCUT2D eigenvalue weighted by atomic mass is 10.1. The van der Waals surface area contributed by atoms with Gasteiger partial charge in [0.1, 0.15) is 5.82 Å². The van der Waals surface area contributed by atoms with E-state index >= 15 is 0 Å². The molecule has 21 heavy (non-hydrogen) atoms. The third kappa shape index (κ3) is 2.91. The Morgan fingerprint density at radius 1 is 1.29 bits per heavy atom. The smallest absolute Gasteiger partial charge is 0.155 e. The lowest BCUT2D eigenvalue weighted by Gasteiger charge is -2.12. The Morgan fingerprint density at radius 2 is 2.14 bits per heavy atom. The van der Waals surface area contributed by atoms with Gasteiger partial charge in [0.05, 0.1) is 24.2 Å². The Morgan fingerprint density at radius 3 is 3.00 bits per heavy atom. The van der Waals surface area contributed by atoms with Crippen molar-refractivity contribution in [3.05, 3.63) is 66.1 Å². The number of benzene rings is 1. The molecule has 0 aliphatic carbocycles. The van der Waals surface area contributed by atoms with Crippen LogP contribution in [-0.2, 0) is 6.54 Å². The van der Waals surface area contributed by atoms with Crippen molar-refractivity contribution in [1.82, 2.24) is 19.7 Å². The van der Waals surface area contributed by atoms with Crippen molar-refractivity contribution < 1.29 is 9.50 Å². The molecule has 5 nitrogen and oxygen atoms in total. The molecule has 1 aromatic carbocycles. The maximum absolute atomic E-state index is 13.5. The fraction of sp³-hybridized carbons (Fsp3) is 0.200. The van der Waals surface area contributed by atoms with Crippen molar-refractivity contribution in [3.63, 3.8) is 0 Å². The highest BCUT2D eigenvalue weighted by atomic mass is 19.1. The van der Waals surface area contributed by atoms with E-state index in [1.54, 1.807) is 36.8 Å². The van der Waals surface area contributed by atoms with Crippen molar-refractivity contribution >= 4 is 5.65 Å². The van der Waals surface area contributed by atoms with Gasteiger partial charge in [-0.15, -0.1) is 0 Å². The molecular weight excluding hydrogens is 271 g/mol. The Kier molecular flexibility index (Phi) is 3.89. The van der Waals surface area contributed by atoms with Crippen LogP contribution in [0.5, 0.6) is 0 Å². The molecule has 0 fully saturated rings. The highest BCUT2D eigenvalue weighted by Gasteiger charge is 2.12. The standard InChI is InChI=1S/C15H15FN4O/c16-13-4-2-1-3-12(13)14(21)9-18-7-11-8-19-15-10-17-5-6-20(11)15/h1-6,8,10,14,18,21H,7,9H2. The molecule has 108 valence electrons. The highest BCUT2D eigenvalue weighted by Crippen LogP contribution is 2.15. The molecule has 3 rings (SSSR count). The van der Waals surface area contributed by atoms with E-state index in [0.717, 1.165) is 11.3 Å². The number of nitrogens with zero attached hydrogens (tertiary/aromatic N) is 3. The largest absolute Gasteiger partial charge is 0.387 e. The molecule has 1 unspecified atom stereocenters. The second-order valence-corrected chi connectivity index (χ2v) is 4.72. The second-order valence-electron chi connectivity index (χ2n) is 4.72. The molecule has 0 aliphatic rings. The zero-order chi connectivity index (χ0) is 14.7. The van der Waals surface area contributed by atoms with Crippen LogP contribution in [0.15, 0.2) is 49.1 Å². The van der Waals surface area contributed by atoms with E-state index in [9.17, 15) is 9.50 Å². The third-order valence-corrected chi connectivity index (χ3v) is 3.30. The fourth-order valence-corrected chi connectivity index (χ4v) is 2.22. The first-order chi connectivity index (χ1) is 10.3. The second kappa shape index (κ2) is 5.99. The maximum Gasteiger partial charge on any atom is 0.155 e. The van der Waals surface area contributed by atoms with Gasteiger partial charge < -0.3 is 10.4 Å². The van der Waals surface area contributed by atoms with E-state index in [1.807, 2.05) is 10.6 Å². The molecular formula is C15H15FN4O. The van der Waals surface area contributed by atoms with Crippen LogP contribution in [0.25, 0.3) is 5.65 Å². The first-order valence-electron chi connectivity index (χ1n) is 6.65. The van der Waals surface area contributed by atoms with Gasteiger partial charge in [-0.3, -0.25) is 9.38 Å². The van der Waals surface area contributed by atoms with E-state index in [1.165, 1.54) is 6.07 Å². The van der Waals surface area contributed by atoms with Gasteiger partial charge in [0, 0.05) is 31.0 Å². The summed E-state index contributed by atoms with van der Waals surface area (Å²) in [6.07, 6.45) is 6.06. The van der Waals surface area contributed by atoms with E-state index in [-0.39, 0.29) is 6.54 Å². The number of hydrogen-bond acceptors (Lipinski definition) is 4. The SMILES string of the molecule is OC(CNCc1cnc2cnccn12)c1ccccc1F. The first kappa shape index (κ1) is 13.7. The van der Waals surface area contributed by atoms with Gasteiger partial charge in [-0.1, -0.05) is 18.2 Å². The zero-order valence-electron chi connectivity index (χ0n) is 11.3. The lowest BCUT2D eigenvalue weighted by Crippen LogP contribution is -2.22. The summed E-state index contributed by atoms with van der Waals surface area (Å²) in [6, 6.07) is 6.24. The van der Waals surface area contributed by atoms with Crippen molar-refractivity contribution in [1.29, 1.82) is 0 Å².